The summed E-state index contributed by atoms with van der Waals surface area (Å²) in [5.41, 5.74) is 1.55. The molecule has 4 nitrogen and oxygen atoms in total. The van der Waals surface area contributed by atoms with Gasteiger partial charge in [-0.2, -0.15) is 5.10 Å². The number of aryl methyl sites for hydroxylation is 1. The zero-order chi connectivity index (χ0) is 12.3. The molecule has 0 atom stereocenters. The molecular weight excluding hydrogens is 202 g/mol. The third-order valence-electron chi connectivity index (χ3n) is 2.72. The molecule has 16 heavy (non-hydrogen) atoms. The summed E-state index contributed by atoms with van der Waals surface area (Å²) in [4.78, 5) is 13.2. The summed E-state index contributed by atoms with van der Waals surface area (Å²) in [7, 11) is 1.84. The van der Waals surface area contributed by atoms with Crippen LogP contribution >= 0.6 is 0 Å². The van der Waals surface area contributed by atoms with Crippen molar-refractivity contribution in [2.24, 2.45) is 7.05 Å². The van der Waals surface area contributed by atoms with Crippen LogP contribution in [0.2, 0.25) is 0 Å². The molecule has 4 heteroatoms. The second-order valence-electron chi connectivity index (χ2n) is 4.68. The van der Waals surface area contributed by atoms with Gasteiger partial charge in [0, 0.05) is 31.9 Å². The van der Waals surface area contributed by atoms with E-state index in [4.69, 9.17) is 0 Å². The van der Waals surface area contributed by atoms with Crippen LogP contribution in [0, 0.1) is 0 Å². The average Bonchev–Trinajstić information content (AvgIpc) is 2.54. The monoisotopic (exact) mass is 223 g/mol. The molecular formula is C12H21N3O. The number of hydrogen-bond donors (Lipinski definition) is 0. The van der Waals surface area contributed by atoms with Crippen LogP contribution in [0.15, 0.2) is 6.20 Å². The van der Waals surface area contributed by atoms with Crippen LogP contribution in [-0.2, 0) is 13.6 Å². The predicted octanol–water partition coefficient (Wildman–Crippen LogP) is 1.85. The summed E-state index contributed by atoms with van der Waals surface area (Å²) in [6.45, 7) is 9.35. The fourth-order valence-electron chi connectivity index (χ4n) is 1.91. The van der Waals surface area contributed by atoms with Crippen LogP contribution in [0.4, 0.5) is 0 Å². The fourth-order valence-corrected chi connectivity index (χ4v) is 1.91. The van der Waals surface area contributed by atoms with Crippen molar-refractivity contribution in [1.29, 1.82) is 0 Å². The van der Waals surface area contributed by atoms with Crippen molar-refractivity contribution in [3.63, 3.8) is 0 Å². The third-order valence-corrected chi connectivity index (χ3v) is 2.72. The van der Waals surface area contributed by atoms with Gasteiger partial charge in [0.2, 0.25) is 0 Å². The third kappa shape index (κ3) is 2.92. The minimum absolute atomic E-state index is 0.446. The first-order valence-electron chi connectivity index (χ1n) is 5.69. The second-order valence-corrected chi connectivity index (χ2v) is 4.68. The van der Waals surface area contributed by atoms with Crippen molar-refractivity contribution >= 4 is 6.29 Å². The van der Waals surface area contributed by atoms with Crippen molar-refractivity contribution in [3.8, 4) is 0 Å². The van der Waals surface area contributed by atoms with Gasteiger partial charge in [-0.1, -0.05) is 0 Å². The maximum Gasteiger partial charge on any atom is 0.153 e. The summed E-state index contributed by atoms with van der Waals surface area (Å²) in [5, 5.41) is 4.33. The van der Waals surface area contributed by atoms with E-state index in [0.717, 1.165) is 18.5 Å². The SMILES string of the molecule is CC(C)N(Cc1nn(C)cc1C=O)C(C)C. The maximum atomic E-state index is 10.9. The number of nitrogens with zero attached hydrogens (tertiary/aromatic N) is 3. The predicted molar refractivity (Wildman–Crippen MR) is 64.4 cm³/mol. The molecule has 0 spiro atoms. The van der Waals surface area contributed by atoms with Crippen LogP contribution < -0.4 is 0 Å². The van der Waals surface area contributed by atoms with E-state index in [1.54, 1.807) is 10.9 Å². The number of aromatic nitrogens is 2. The first-order valence-corrected chi connectivity index (χ1v) is 5.69. The van der Waals surface area contributed by atoms with Gasteiger partial charge >= 0.3 is 0 Å². The van der Waals surface area contributed by atoms with Gasteiger partial charge in [0.05, 0.1) is 11.3 Å². The van der Waals surface area contributed by atoms with Crippen molar-refractivity contribution in [3.05, 3.63) is 17.5 Å². The summed E-state index contributed by atoms with van der Waals surface area (Å²) < 4.78 is 1.69. The highest BCUT2D eigenvalue weighted by molar-refractivity contribution is 5.75. The molecule has 0 amide bonds. The Labute approximate surface area is 97.2 Å². The number of carbonyl (C=O) groups is 1. The number of aldehydes is 1. The topological polar surface area (TPSA) is 38.1 Å². The van der Waals surface area contributed by atoms with Gasteiger partial charge in [0.15, 0.2) is 6.29 Å². The van der Waals surface area contributed by atoms with E-state index in [1.165, 1.54) is 0 Å². The molecule has 0 aliphatic heterocycles. The van der Waals surface area contributed by atoms with E-state index in [-0.39, 0.29) is 0 Å². The van der Waals surface area contributed by atoms with Gasteiger partial charge in [-0.3, -0.25) is 14.4 Å². The molecule has 0 fully saturated rings. The van der Waals surface area contributed by atoms with Gasteiger partial charge in [0.1, 0.15) is 0 Å². The molecule has 0 saturated heterocycles. The second kappa shape index (κ2) is 5.25. The highest BCUT2D eigenvalue weighted by Crippen LogP contribution is 2.13. The molecule has 0 radical (unpaired) electrons. The van der Waals surface area contributed by atoms with E-state index < -0.39 is 0 Å². The lowest BCUT2D eigenvalue weighted by Crippen LogP contribution is -2.36. The van der Waals surface area contributed by atoms with Gasteiger partial charge in [-0.25, -0.2) is 0 Å². The quantitative estimate of drug-likeness (QED) is 0.715. The highest BCUT2D eigenvalue weighted by atomic mass is 16.1. The molecule has 0 unspecified atom stereocenters. The van der Waals surface area contributed by atoms with E-state index in [9.17, 15) is 4.79 Å². The molecule has 1 rings (SSSR count). The molecule has 0 N–H and O–H groups in total. The molecule has 0 aliphatic carbocycles. The standard InChI is InChI=1S/C12H21N3O/c1-9(2)15(10(3)4)7-12-11(8-16)6-14(5)13-12/h6,8-10H,7H2,1-5H3. The molecule has 90 valence electrons. The summed E-state index contributed by atoms with van der Waals surface area (Å²) in [6.07, 6.45) is 2.64. The first-order chi connectivity index (χ1) is 7.45. The summed E-state index contributed by atoms with van der Waals surface area (Å²) in [5.74, 6) is 0. The molecule has 1 aromatic rings. The number of carbonyl (C=O) groups excluding carboxylic acids is 1. The molecule has 1 aromatic heterocycles. The molecule has 0 bridgehead atoms. The highest BCUT2D eigenvalue weighted by Gasteiger charge is 2.17. The molecule has 0 aromatic carbocycles. The van der Waals surface area contributed by atoms with Crippen molar-refractivity contribution in [2.75, 3.05) is 0 Å². The Morgan fingerprint density at radius 1 is 1.38 bits per heavy atom. The van der Waals surface area contributed by atoms with Gasteiger partial charge in [-0.05, 0) is 27.7 Å². The zero-order valence-corrected chi connectivity index (χ0v) is 10.8. The van der Waals surface area contributed by atoms with E-state index in [2.05, 4.69) is 37.7 Å². The smallest absolute Gasteiger partial charge is 0.153 e. The van der Waals surface area contributed by atoms with Crippen molar-refractivity contribution in [1.82, 2.24) is 14.7 Å². The van der Waals surface area contributed by atoms with Crippen LogP contribution in [0.25, 0.3) is 0 Å². The Bertz CT molecular complexity index is 347. The van der Waals surface area contributed by atoms with Crippen LogP contribution in [-0.4, -0.2) is 33.1 Å². The van der Waals surface area contributed by atoms with Gasteiger partial charge in [0.25, 0.3) is 0 Å². The summed E-state index contributed by atoms with van der Waals surface area (Å²) >= 11 is 0. The van der Waals surface area contributed by atoms with Gasteiger partial charge < -0.3 is 0 Å². The lowest BCUT2D eigenvalue weighted by atomic mass is 10.2. The van der Waals surface area contributed by atoms with Crippen molar-refractivity contribution in [2.45, 2.75) is 46.3 Å². The lowest BCUT2D eigenvalue weighted by molar-refractivity contribution is 0.111. The summed E-state index contributed by atoms with van der Waals surface area (Å²) in [6, 6.07) is 0.892. The number of rotatable bonds is 5. The Hall–Kier alpha value is -1.16. The minimum atomic E-state index is 0.446. The zero-order valence-electron chi connectivity index (χ0n) is 10.8. The van der Waals surface area contributed by atoms with E-state index >= 15 is 0 Å². The molecule has 0 saturated carbocycles. The van der Waals surface area contributed by atoms with E-state index in [1.807, 2.05) is 7.05 Å². The normalized spacial score (nSPS) is 11.8. The van der Waals surface area contributed by atoms with E-state index in [0.29, 0.717) is 17.6 Å². The number of hydrogen-bond acceptors (Lipinski definition) is 3. The van der Waals surface area contributed by atoms with Crippen LogP contribution in [0.5, 0.6) is 0 Å². The Kier molecular flexibility index (Phi) is 4.24. The van der Waals surface area contributed by atoms with Crippen molar-refractivity contribution < 1.29 is 4.79 Å². The Balaban J connectivity index is 2.88. The minimum Gasteiger partial charge on any atom is -0.298 e. The Morgan fingerprint density at radius 3 is 2.38 bits per heavy atom. The van der Waals surface area contributed by atoms with Gasteiger partial charge in [-0.15, -0.1) is 0 Å². The first kappa shape index (κ1) is 12.9. The van der Waals surface area contributed by atoms with Crippen LogP contribution in [0.1, 0.15) is 43.7 Å². The largest absolute Gasteiger partial charge is 0.298 e. The fraction of sp³-hybridized carbons (Fsp3) is 0.667. The van der Waals surface area contributed by atoms with Crippen LogP contribution in [0.3, 0.4) is 0 Å². The molecule has 0 aliphatic rings. The molecule has 1 heterocycles. The lowest BCUT2D eigenvalue weighted by Gasteiger charge is -2.29. The maximum absolute atomic E-state index is 10.9. The average molecular weight is 223 g/mol. The Morgan fingerprint density at radius 2 is 1.94 bits per heavy atom.